The van der Waals surface area contributed by atoms with Gasteiger partial charge in [0.25, 0.3) is 5.24 Å². The lowest BCUT2D eigenvalue weighted by atomic mass is 9.95. The van der Waals surface area contributed by atoms with E-state index in [1.54, 1.807) is 18.2 Å². The summed E-state index contributed by atoms with van der Waals surface area (Å²) in [5.74, 6) is 0.548. The minimum atomic E-state index is -0.553. The third kappa shape index (κ3) is 5.07. The Bertz CT molecular complexity index is 1130. The molecule has 1 saturated carbocycles. The first-order chi connectivity index (χ1) is 14.7. The highest BCUT2D eigenvalue weighted by atomic mass is 35.5. The Kier molecular flexibility index (Phi) is 5.75. The zero-order valence-corrected chi connectivity index (χ0v) is 18.5. The highest BCUT2D eigenvalue weighted by Crippen LogP contribution is 2.42. The highest BCUT2D eigenvalue weighted by Gasteiger charge is 2.31. The summed E-state index contributed by atoms with van der Waals surface area (Å²) in [6.07, 6.45) is 2.20. The van der Waals surface area contributed by atoms with E-state index in [0.29, 0.717) is 22.8 Å². The molecule has 0 saturated heterocycles. The monoisotopic (exact) mass is 440 g/mol. The van der Waals surface area contributed by atoms with E-state index in [4.69, 9.17) is 20.9 Å². The van der Waals surface area contributed by atoms with Crippen molar-refractivity contribution in [3.05, 3.63) is 53.6 Å². The molecule has 1 aromatic heterocycles. The molecule has 162 valence electrons. The minimum Gasteiger partial charge on any atom is -0.441 e. The number of aromatic nitrogens is 1. The first kappa shape index (κ1) is 21.4. The fourth-order valence-electron chi connectivity index (χ4n) is 3.61. The molecule has 1 aliphatic rings. The fraction of sp³-hybridized carbons (Fsp3) is 0.375. The number of amides is 1. The quantitative estimate of drug-likeness (QED) is 0.459. The molecule has 1 amide bonds. The van der Waals surface area contributed by atoms with Crippen LogP contribution >= 0.6 is 11.6 Å². The van der Waals surface area contributed by atoms with Crippen LogP contribution < -0.4 is 5.32 Å². The molecule has 0 radical (unpaired) electrons. The van der Waals surface area contributed by atoms with Gasteiger partial charge in [-0.15, -0.1) is 0 Å². The van der Waals surface area contributed by atoms with Crippen LogP contribution in [0.4, 0.5) is 4.79 Å². The van der Waals surface area contributed by atoms with Gasteiger partial charge < -0.3 is 14.6 Å². The first-order valence-electron chi connectivity index (χ1n) is 10.4. The zero-order chi connectivity index (χ0) is 22.2. The molecule has 31 heavy (non-hydrogen) atoms. The van der Waals surface area contributed by atoms with Gasteiger partial charge in [0.2, 0.25) is 0 Å². The van der Waals surface area contributed by atoms with Crippen molar-refractivity contribution in [2.75, 3.05) is 0 Å². The van der Waals surface area contributed by atoms with Crippen LogP contribution in [0, 0.1) is 5.92 Å². The summed E-state index contributed by atoms with van der Waals surface area (Å²) in [4.78, 5) is 24.0. The molecule has 0 spiro atoms. The van der Waals surface area contributed by atoms with Crippen molar-refractivity contribution in [3.63, 3.8) is 0 Å². The van der Waals surface area contributed by atoms with E-state index >= 15 is 0 Å². The van der Waals surface area contributed by atoms with Crippen LogP contribution in [0.2, 0.25) is 0 Å². The van der Waals surface area contributed by atoms with Crippen molar-refractivity contribution in [2.45, 2.75) is 51.7 Å². The maximum absolute atomic E-state index is 12.5. The molecule has 0 aliphatic heterocycles. The molecule has 2 aromatic carbocycles. The first-order valence-corrected chi connectivity index (χ1v) is 10.8. The number of alkyl carbamates (subject to hydrolysis) is 1. The summed E-state index contributed by atoms with van der Waals surface area (Å²) in [7, 11) is 0. The van der Waals surface area contributed by atoms with Crippen molar-refractivity contribution in [1.29, 1.82) is 0 Å². The van der Waals surface area contributed by atoms with Gasteiger partial charge in [-0.3, -0.25) is 4.79 Å². The topological polar surface area (TPSA) is 81.4 Å². The highest BCUT2D eigenvalue weighted by molar-refractivity contribution is 6.67. The van der Waals surface area contributed by atoms with Crippen LogP contribution in [0.1, 0.15) is 62.1 Å². The molecule has 1 N–H and O–H groups in total. The molecule has 1 aliphatic carbocycles. The number of nitrogens with zero attached hydrogens (tertiary/aromatic N) is 1. The Morgan fingerprint density at radius 2 is 1.97 bits per heavy atom. The molecule has 1 heterocycles. The van der Waals surface area contributed by atoms with E-state index in [1.807, 2.05) is 45.0 Å². The molecule has 4 rings (SSSR count). The molecular weight excluding hydrogens is 416 g/mol. The summed E-state index contributed by atoms with van der Waals surface area (Å²) >= 11 is 5.59. The summed E-state index contributed by atoms with van der Waals surface area (Å²) in [6.45, 7) is 5.75. The van der Waals surface area contributed by atoms with Crippen molar-refractivity contribution in [2.24, 2.45) is 5.92 Å². The van der Waals surface area contributed by atoms with Crippen LogP contribution in [-0.4, -0.2) is 22.0 Å². The van der Waals surface area contributed by atoms with Crippen LogP contribution in [-0.2, 0) is 4.74 Å². The van der Waals surface area contributed by atoms with Gasteiger partial charge in [0.1, 0.15) is 11.8 Å². The predicted octanol–water partition coefficient (Wildman–Crippen LogP) is 6.24. The van der Waals surface area contributed by atoms with Gasteiger partial charge in [0, 0.05) is 27.6 Å². The van der Waals surface area contributed by atoms with Crippen LogP contribution in [0.3, 0.4) is 0 Å². The maximum Gasteiger partial charge on any atom is 0.408 e. The number of carbonyl (C=O) groups excluding carboxylic acids is 2. The maximum atomic E-state index is 12.5. The van der Waals surface area contributed by atoms with Gasteiger partial charge in [-0.1, -0.05) is 42.3 Å². The van der Waals surface area contributed by atoms with E-state index in [0.717, 1.165) is 35.8 Å². The lowest BCUT2D eigenvalue weighted by molar-refractivity contribution is 0.0834. The number of fused-ring (bicyclic) bond motifs is 1. The summed E-state index contributed by atoms with van der Waals surface area (Å²) < 4.78 is 11.4. The lowest BCUT2D eigenvalue weighted by Crippen LogP contribution is -2.41. The molecule has 6 nitrogen and oxygen atoms in total. The minimum absolute atomic E-state index is 0.346. The molecule has 0 bridgehead atoms. The lowest BCUT2D eigenvalue weighted by Gasteiger charge is -2.25. The van der Waals surface area contributed by atoms with E-state index in [2.05, 4.69) is 10.5 Å². The number of rotatable bonds is 6. The van der Waals surface area contributed by atoms with E-state index in [9.17, 15) is 9.59 Å². The second-order valence-corrected chi connectivity index (χ2v) is 9.39. The summed E-state index contributed by atoms with van der Waals surface area (Å²) in [5, 5.41) is 7.34. The Labute approximate surface area is 185 Å². The molecule has 1 unspecified atom stereocenters. The van der Waals surface area contributed by atoms with E-state index in [1.165, 1.54) is 0 Å². The van der Waals surface area contributed by atoms with Crippen LogP contribution in [0.5, 0.6) is 0 Å². The van der Waals surface area contributed by atoms with Crippen molar-refractivity contribution >= 4 is 33.9 Å². The van der Waals surface area contributed by atoms with Gasteiger partial charge in [0.05, 0.1) is 0 Å². The fourth-order valence-corrected chi connectivity index (χ4v) is 3.72. The average molecular weight is 441 g/mol. The normalized spacial score (nSPS) is 15.0. The number of nitrogens with one attached hydrogen (secondary N) is 1. The third-order valence-corrected chi connectivity index (χ3v) is 5.45. The second kappa shape index (κ2) is 8.35. The second-order valence-electron chi connectivity index (χ2n) is 9.05. The van der Waals surface area contributed by atoms with Crippen LogP contribution in [0.15, 0.2) is 47.0 Å². The Balaban J connectivity index is 1.71. The molecule has 7 heteroatoms. The summed E-state index contributed by atoms with van der Waals surface area (Å²) in [6, 6.07) is 12.8. The molecular formula is C24H25ClN2O4. The van der Waals surface area contributed by atoms with Gasteiger partial charge >= 0.3 is 6.09 Å². The standard InChI is InChI=1S/C24H25ClN2O4/c1-24(2,3)26-23(29)30-19(12-14-8-9-14)16-6-4-5-7-17(16)21-18-11-10-15(22(25)28)13-20(18)31-27-21/h4-7,10-11,13-14,19H,8-9,12H2,1-3H3,(H,26,29). The number of ether oxygens (including phenoxy) is 1. The SMILES string of the molecule is CC(C)(C)NC(=O)OC(CC1CC1)c1ccccc1-c1noc2cc(C(=O)Cl)ccc12. The van der Waals surface area contributed by atoms with Crippen molar-refractivity contribution in [3.8, 4) is 11.3 Å². The smallest absolute Gasteiger partial charge is 0.408 e. The average Bonchev–Trinajstić information content (AvgIpc) is 3.41. The van der Waals surface area contributed by atoms with Crippen LogP contribution in [0.25, 0.3) is 22.2 Å². The zero-order valence-electron chi connectivity index (χ0n) is 17.8. The van der Waals surface area contributed by atoms with Gasteiger partial charge in [-0.2, -0.15) is 0 Å². The predicted molar refractivity (Wildman–Crippen MR) is 119 cm³/mol. The van der Waals surface area contributed by atoms with Crippen molar-refractivity contribution in [1.82, 2.24) is 10.5 Å². The number of benzene rings is 2. The van der Waals surface area contributed by atoms with Gasteiger partial charge in [-0.05, 0) is 62.9 Å². The summed E-state index contributed by atoms with van der Waals surface area (Å²) in [5.41, 5.74) is 2.78. The molecule has 1 fully saturated rings. The Morgan fingerprint density at radius 3 is 2.65 bits per heavy atom. The number of halogens is 1. The molecule has 3 aromatic rings. The largest absolute Gasteiger partial charge is 0.441 e. The number of hydrogen-bond donors (Lipinski definition) is 1. The van der Waals surface area contributed by atoms with Gasteiger partial charge in [0.15, 0.2) is 5.58 Å². The van der Waals surface area contributed by atoms with Gasteiger partial charge in [-0.25, -0.2) is 4.79 Å². The van der Waals surface area contributed by atoms with E-state index in [-0.39, 0.29) is 5.54 Å². The number of carbonyl (C=O) groups is 2. The third-order valence-electron chi connectivity index (χ3n) is 5.23. The Morgan fingerprint density at radius 1 is 1.23 bits per heavy atom. The molecule has 1 atom stereocenters. The van der Waals surface area contributed by atoms with Crippen molar-refractivity contribution < 1.29 is 18.8 Å². The van der Waals surface area contributed by atoms with E-state index < -0.39 is 17.4 Å². The number of hydrogen-bond acceptors (Lipinski definition) is 5. The Hall–Kier alpha value is -2.86.